The number of carbonyl (C=O) groups is 1. The Morgan fingerprint density at radius 3 is 2.26 bits per heavy atom. The van der Waals surface area contributed by atoms with E-state index >= 15 is 0 Å². The quantitative estimate of drug-likeness (QED) is 0.418. The summed E-state index contributed by atoms with van der Waals surface area (Å²) in [6.07, 6.45) is 11.6. The largest absolute Gasteiger partial charge is 0.481 e. The van der Waals surface area contributed by atoms with E-state index in [1.54, 1.807) is 0 Å². The maximum atomic E-state index is 12.8. The molecule has 0 heterocycles. The van der Waals surface area contributed by atoms with E-state index in [9.17, 15) is 20.1 Å². The summed E-state index contributed by atoms with van der Waals surface area (Å²) >= 11 is 0. The van der Waals surface area contributed by atoms with Gasteiger partial charge in [0.15, 0.2) is 0 Å². The number of aliphatic hydroxyl groups excluding tert-OH is 2. The average Bonchev–Trinajstić information content (AvgIpc) is 2.76. The van der Waals surface area contributed by atoms with Gasteiger partial charge in [0.2, 0.25) is 0 Å². The zero-order valence-corrected chi connectivity index (χ0v) is 22.4. The molecule has 4 fully saturated rings. The average molecular weight is 473 g/mol. The summed E-state index contributed by atoms with van der Waals surface area (Å²) in [5, 5.41) is 31.8. The second-order valence-corrected chi connectivity index (χ2v) is 14.9. The molecule has 34 heavy (non-hydrogen) atoms. The molecule has 4 heteroatoms. The molecule has 3 N–H and O–H groups in total. The molecule has 9 atom stereocenters. The van der Waals surface area contributed by atoms with Gasteiger partial charge in [-0.05, 0) is 104 Å². The fourth-order valence-corrected chi connectivity index (χ4v) is 10.7. The van der Waals surface area contributed by atoms with Crippen molar-refractivity contribution >= 4 is 5.97 Å². The molecule has 0 aliphatic heterocycles. The number of allylic oxidation sites excluding steroid dienone is 2. The van der Waals surface area contributed by atoms with Gasteiger partial charge in [-0.1, -0.05) is 53.2 Å². The first-order chi connectivity index (χ1) is 15.7. The van der Waals surface area contributed by atoms with Crippen molar-refractivity contribution < 1.29 is 20.1 Å². The van der Waals surface area contributed by atoms with Gasteiger partial charge in [0, 0.05) is 5.41 Å². The van der Waals surface area contributed by atoms with Crippen molar-refractivity contribution in [1.29, 1.82) is 0 Å². The molecule has 0 radical (unpaired) electrons. The molecule has 4 saturated carbocycles. The monoisotopic (exact) mass is 472 g/mol. The van der Waals surface area contributed by atoms with E-state index in [4.69, 9.17) is 0 Å². The highest BCUT2D eigenvalue weighted by atomic mass is 16.4. The van der Waals surface area contributed by atoms with Crippen molar-refractivity contribution in [1.82, 2.24) is 0 Å². The van der Waals surface area contributed by atoms with Crippen molar-refractivity contribution in [3.63, 3.8) is 0 Å². The summed E-state index contributed by atoms with van der Waals surface area (Å²) in [5.41, 5.74) is 0.858. The molecule has 0 aromatic heterocycles. The molecule has 5 rings (SSSR count). The molecule has 0 saturated heterocycles. The SMILES string of the molecule is CC1(C)CCC2(C(=O)O)CC[C@]3(C)C(=CC[C@@H]4[C@@]5(C)CC[C@H](O)[C@@](C)(CO)[C@@H]5CC[C@]43C)[C@@H]2C1. The Bertz CT molecular complexity index is 907. The Hall–Kier alpha value is -0.870. The number of hydrogen-bond donors (Lipinski definition) is 3. The van der Waals surface area contributed by atoms with Crippen LogP contribution in [0.5, 0.6) is 0 Å². The first-order valence-corrected chi connectivity index (χ1v) is 13.9. The third kappa shape index (κ3) is 2.88. The topological polar surface area (TPSA) is 77.8 Å². The highest BCUT2D eigenvalue weighted by molar-refractivity contribution is 5.76. The minimum Gasteiger partial charge on any atom is -0.481 e. The van der Waals surface area contributed by atoms with Crippen molar-refractivity contribution in [3.8, 4) is 0 Å². The minimum absolute atomic E-state index is 0.0204. The Morgan fingerprint density at radius 1 is 0.941 bits per heavy atom. The Labute approximate surface area is 206 Å². The predicted molar refractivity (Wildman–Crippen MR) is 134 cm³/mol. The minimum atomic E-state index is -0.588. The van der Waals surface area contributed by atoms with Gasteiger partial charge in [-0.15, -0.1) is 0 Å². The third-order valence-electron chi connectivity index (χ3n) is 13.2. The summed E-state index contributed by atoms with van der Waals surface area (Å²) in [6, 6.07) is 0. The standard InChI is InChI=1S/C30H48O4/c1-25(2)13-15-30(24(33)34)16-14-28(5)19(20(30)17-25)7-8-22-26(3)11-10-23(32)27(4,18-31)21(26)9-12-29(22,28)6/h7,20-23,31-32H,8-18H2,1-6H3,(H,33,34)/t20-,21+,22+,23-,26-,27-,28+,29+,30?/m0/s1. The summed E-state index contributed by atoms with van der Waals surface area (Å²) < 4.78 is 0. The fourth-order valence-electron chi connectivity index (χ4n) is 10.7. The van der Waals surface area contributed by atoms with Gasteiger partial charge < -0.3 is 15.3 Å². The van der Waals surface area contributed by atoms with E-state index in [1.165, 1.54) is 5.57 Å². The molecular formula is C30H48O4. The van der Waals surface area contributed by atoms with Crippen LogP contribution in [-0.2, 0) is 4.79 Å². The molecule has 0 amide bonds. The highest BCUT2D eigenvalue weighted by Gasteiger charge is 2.69. The fraction of sp³-hybridized carbons (Fsp3) is 0.900. The van der Waals surface area contributed by atoms with Gasteiger partial charge in [0.25, 0.3) is 0 Å². The lowest BCUT2D eigenvalue weighted by molar-refractivity contribution is -0.216. The molecule has 192 valence electrons. The van der Waals surface area contributed by atoms with Crippen LogP contribution < -0.4 is 0 Å². The van der Waals surface area contributed by atoms with Crippen LogP contribution >= 0.6 is 0 Å². The number of fused-ring (bicyclic) bond motifs is 7. The molecule has 0 spiro atoms. The molecule has 5 aliphatic rings. The van der Waals surface area contributed by atoms with Crippen molar-refractivity contribution in [3.05, 3.63) is 11.6 Å². The van der Waals surface area contributed by atoms with E-state index in [0.717, 1.165) is 64.2 Å². The molecular weight excluding hydrogens is 424 g/mol. The number of hydrogen-bond acceptors (Lipinski definition) is 3. The van der Waals surface area contributed by atoms with Gasteiger partial charge in [-0.25, -0.2) is 0 Å². The summed E-state index contributed by atoms with van der Waals surface area (Å²) in [6.45, 7) is 14.3. The Balaban J connectivity index is 1.60. The highest BCUT2D eigenvalue weighted by Crippen LogP contribution is 2.75. The van der Waals surface area contributed by atoms with E-state index < -0.39 is 22.9 Å². The second kappa shape index (κ2) is 7.34. The third-order valence-corrected chi connectivity index (χ3v) is 13.2. The number of rotatable bonds is 2. The van der Waals surface area contributed by atoms with Crippen LogP contribution in [0, 0.1) is 50.2 Å². The van der Waals surface area contributed by atoms with Crippen LogP contribution in [-0.4, -0.2) is 34.0 Å². The zero-order valence-electron chi connectivity index (χ0n) is 22.4. The van der Waals surface area contributed by atoms with Crippen LogP contribution in [0.25, 0.3) is 0 Å². The first kappa shape index (κ1) is 24.8. The van der Waals surface area contributed by atoms with Crippen LogP contribution in [0.3, 0.4) is 0 Å². The Morgan fingerprint density at radius 2 is 1.62 bits per heavy atom. The summed E-state index contributed by atoms with van der Waals surface area (Å²) in [7, 11) is 0. The molecule has 5 aliphatic carbocycles. The van der Waals surface area contributed by atoms with E-state index in [1.807, 2.05) is 0 Å². The van der Waals surface area contributed by atoms with Crippen molar-refractivity contribution in [2.24, 2.45) is 50.2 Å². The van der Waals surface area contributed by atoms with Crippen LogP contribution in [0.1, 0.15) is 106 Å². The molecule has 0 bridgehead atoms. The molecule has 0 aromatic carbocycles. The molecule has 0 aromatic rings. The van der Waals surface area contributed by atoms with E-state index in [0.29, 0.717) is 11.8 Å². The van der Waals surface area contributed by atoms with Gasteiger partial charge in [-0.2, -0.15) is 0 Å². The van der Waals surface area contributed by atoms with Gasteiger partial charge in [-0.3, -0.25) is 4.79 Å². The maximum absolute atomic E-state index is 12.8. The second-order valence-electron chi connectivity index (χ2n) is 14.9. The van der Waals surface area contributed by atoms with E-state index in [2.05, 4.69) is 47.6 Å². The van der Waals surface area contributed by atoms with Gasteiger partial charge in [0.1, 0.15) is 0 Å². The molecule has 1 unspecified atom stereocenters. The normalized spacial score (nSPS) is 54.1. The van der Waals surface area contributed by atoms with Crippen LogP contribution in [0.2, 0.25) is 0 Å². The van der Waals surface area contributed by atoms with Crippen molar-refractivity contribution in [2.75, 3.05) is 6.61 Å². The Kier molecular flexibility index (Phi) is 5.36. The number of aliphatic carboxylic acids is 1. The smallest absolute Gasteiger partial charge is 0.310 e. The maximum Gasteiger partial charge on any atom is 0.310 e. The van der Waals surface area contributed by atoms with Crippen molar-refractivity contribution in [2.45, 2.75) is 112 Å². The lowest BCUT2D eigenvalue weighted by Gasteiger charge is -2.71. The van der Waals surface area contributed by atoms with Crippen LogP contribution in [0.4, 0.5) is 0 Å². The predicted octanol–water partition coefficient (Wildman–Crippen LogP) is 6.21. The lowest BCUT2D eigenvalue weighted by atomic mass is 9.33. The number of carboxylic acid groups (broad SMARTS) is 1. The molecule has 4 nitrogen and oxygen atoms in total. The number of carboxylic acids is 1. The zero-order chi connectivity index (χ0) is 24.9. The van der Waals surface area contributed by atoms with Gasteiger partial charge >= 0.3 is 5.97 Å². The van der Waals surface area contributed by atoms with Crippen LogP contribution in [0.15, 0.2) is 11.6 Å². The summed E-state index contributed by atoms with van der Waals surface area (Å²) in [5.74, 6) is 0.395. The van der Waals surface area contributed by atoms with Gasteiger partial charge in [0.05, 0.1) is 18.1 Å². The first-order valence-electron chi connectivity index (χ1n) is 13.9. The van der Waals surface area contributed by atoms with E-state index in [-0.39, 0.29) is 34.2 Å². The lowest BCUT2D eigenvalue weighted by Crippen LogP contribution is -2.65. The number of aliphatic hydroxyl groups is 2. The summed E-state index contributed by atoms with van der Waals surface area (Å²) in [4.78, 5) is 12.8.